The van der Waals surface area contributed by atoms with Crippen molar-refractivity contribution in [3.63, 3.8) is 0 Å². The highest BCUT2D eigenvalue weighted by Crippen LogP contribution is 2.40. The summed E-state index contributed by atoms with van der Waals surface area (Å²) in [5.41, 5.74) is 7.38. The van der Waals surface area contributed by atoms with Crippen LogP contribution in [0.3, 0.4) is 0 Å². The van der Waals surface area contributed by atoms with Gasteiger partial charge >= 0.3 is 0 Å². The molecule has 1 aromatic carbocycles. The van der Waals surface area contributed by atoms with E-state index in [0.29, 0.717) is 30.5 Å². The first-order valence-corrected chi connectivity index (χ1v) is 5.57. The topological polar surface area (TPSA) is 44.5 Å². The van der Waals surface area contributed by atoms with Crippen molar-refractivity contribution in [3.8, 4) is 11.5 Å². The lowest BCUT2D eigenvalue weighted by molar-refractivity contribution is 0.171. The number of halogens is 1. The third-order valence-electron chi connectivity index (χ3n) is 2.50. The van der Waals surface area contributed by atoms with E-state index in [-0.39, 0.29) is 0 Å². The molecule has 0 amide bonds. The molecule has 0 atom stereocenters. The largest absolute Gasteiger partial charge is 0.486 e. The minimum absolute atomic E-state index is 0.488. The monoisotopic (exact) mass is 239 g/mol. The van der Waals surface area contributed by atoms with Gasteiger partial charge in [-0.2, -0.15) is 0 Å². The van der Waals surface area contributed by atoms with Crippen LogP contribution >= 0.6 is 11.6 Å². The zero-order chi connectivity index (χ0) is 11.5. The zero-order valence-electron chi connectivity index (χ0n) is 9.13. The molecular formula is C12H14ClNO2. The SMILES string of the molecule is Cc1c(Cl)cc2c(c1/C=C/CN)OCCO2. The third-order valence-corrected chi connectivity index (χ3v) is 2.89. The van der Waals surface area contributed by atoms with Crippen LogP contribution in [0, 0.1) is 6.92 Å². The molecule has 1 aromatic rings. The highest BCUT2D eigenvalue weighted by Gasteiger charge is 2.18. The van der Waals surface area contributed by atoms with Crippen LogP contribution in [0.1, 0.15) is 11.1 Å². The van der Waals surface area contributed by atoms with Crippen LogP contribution in [-0.2, 0) is 0 Å². The average molecular weight is 240 g/mol. The summed E-state index contributed by atoms with van der Waals surface area (Å²) in [7, 11) is 0. The molecular weight excluding hydrogens is 226 g/mol. The molecule has 0 bridgehead atoms. The Morgan fingerprint density at radius 2 is 2.19 bits per heavy atom. The Balaban J connectivity index is 2.54. The van der Waals surface area contributed by atoms with Crippen molar-refractivity contribution in [2.24, 2.45) is 5.73 Å². The van der Waals surface area contributed by atoms with Crippen LogP contribution in [0.2, 0.25) is 5.02 Å². The van der Waals surface area contributed by atoms with Crippen LogP contribution in [-0.4, -0.2) is 19.8 Å². The second-order valence-electron chi connectivity index (χ2n) is 3.56. The first-order chi connectivity index (χ1) is 7.74. The molecule has 16 heavy (non-hydrogen) atoms. The summed E-state index contributed by atoms with van der Waals surface area (Å²) in [5.74, 6) is 1.47. The first kappa shape index (κ1) is 11.3. The Morgan fingerprint density at radius 3 is 2.94 bits per heavy atom. The minimum Gasteiger partial charge on any atom is -0.486 e. The maximum absolute atomic E-state index is 6.13. The number of rotatable bonds is 2. The van der Waals surface area contributed by atoms with Gasteiger partial charge in [-0.15, -0.1) is 0 Å². The van der Waals surface area contributed by atoms with Crippen molar-refractivity contribution in [2.45, 2.75) is 6.92 Å². The lowest BCUT2D eigenvalue weighted by Crippen LogP contribution is -2.16. The zero-order valence-corrected chi connectivity index (χ0v) is 9.88. The van der Waals surface area contributed by atoms with Gasteiger partial charge in [-0.05, 0) is 12.5 Å². The van der Waals surface area contributed by atoms with Crippen molar-refractivity contribution >= 4 is 17.7 Å². The summed E-state index contributed by atoms with van der Waals surface area (Å²) in [6.07, 6.45) is 3.80. The summed E-state index contributed by atoms with van der Waals surface area (Å²) in [6, 6.07) is 1.80. The molecule has 86 valence electrons. The molecule has 1 aliphatic rings. The number of hydrogen-bond donors (Lipinski definition) is 1. The van der Waals surface area contributed by atoms with Crippen molar-refractivity contribution in [3.05, 3.63) is 28.3 Å². The Morgan fingerprint density at radius 1 is 1.44 bits per heavy atom. The van der Waals surface area contributed by atoms with Gasteiger partial charge in [0.15, 0.2) is 11.5 Å². The maximum Gasteiger partial charge on any atom is 0.168 e. The van der Waals surface area contributed by atoms with Gasteiger partial charge < -0.3 is 15.2 Å². The molecule has 0 saturated heterocycles. The number of ether oxygens (including phenoxy) is 2. The normalized spacial score (nSPS) is 14.4. The fourth-order valence-electron chi connectivity index (χ4n) is 1.66. The summed E-state index contributed by atoms with van der Waals surface area (Å²) in [5, 5.41) is 0.681. The minimum atomic E-state index is 0.488. The van der Waals surface area contributed by atoms with E-state index in [4.69, 9.17) is 26.8 Å². The maximum atomic E-state index is 6.13. The van der Waals surface area contributed by atoms with Crippen molar-refractivity contribution in [1.82, 2.24) is 0 Å². The van der Waals surface area contributed by atoms with Gasteiger partial charge in [0, 0.05) is 23.2 Å². The van der Waals surface area contributed by atoms with Gasteiger partial charge in [-0.3, -0.25) is 0 Å². The summed E-state index contributed by atoms with van der Waals surface area (Å²) in [6.45, 7) is 3.57. The highest BCUT2D eigenvalue weighted by molar-refractivity contribution is 6.31. The number of nitrogens with two attached hydrogens (primary N) is 1. The Hall–Kier alpha value is -1.19. The predicted octanol–water partition coefficient (Wildman–Crippen LogP) is 2.39. The van der Waals surface area contributed by atoms with Crippen LogP contribution in [0.5, 0.6) is 11.5 Å². The molecule has 3 nitrogen and oxygen atoms in total. The Bertz CT molecular complexity index is 430. The molecule has 2 rings (SSSR count). The van der Waals surface area contributed by atoms with Gasteiger partial charge in [0.1, 0.15) is 13.2 Å². The van der Waals surface area contributed by atoms with E-state index in [2.05, 4.69) is 0 Å². The molecule has 1 heterocycles. The van der Waals surface area contributed by atoms with E-state index >= 15 is 0 Å². The van der Waals surface area contributed by atoms with Crippen molar-refractivity contribution < 1.29 is 9.47 Å². The number of hydrogen-bond acceptors (Lipinski definition) is 3. The fourth-order valence-corrected chi connectivity index (χ4v) is 1.86. The summed E-state index contributed by atoms with van der Waals surface area (Å²) >= 11 is 6.13. The van der Waals surface area contributed by atoms with Crippen LogP contribution in [0.4, 0.5) is 0 Å². The first-order valence-electron chi connectivity index (χ1n) is 5.19. The lowest BCUT2D eigenvalue weighted by Gasteiger charge is -2.22. The van der Waals surface area contributed by atoms with E-state index in [0.717, 1.165) is 16.9 Å². The highest BCUT2D eigenvalue weighted by atomic mass is 35.5. The standard InChI is InChI=1S/C12H14ClNO2/c1-8-9(3-2-4-14)12-11(7-10(8)13)15-5-6-16-12/h2-3,7H,4-6,14H2,1H3/b3-2+. The number of fused-ring (bicyclic) bond motifs is 1. The van der Waals surface area contributed by atoms with E-state index in [9.17, 15) is 0 Å². The summed E-state index contributed by atoms with van der Waals surface area (Å²) in [4.78, 5) is 0. The molecule has 4 heteroatoms. The van der Waals surface area contributed by atoms with Gasteiger partial charge in [-0.25, -0.2) is 0 Å². The molecule has 0 fully saturated rings. The lowest BCUT2D eigenvalue weighted by atomic mass is 10.1. The van der Waals surface area contributed by atoms with Crippen molar-refractivity contribution in [1.29, 1.82) is 0 Å². The van der Waals surface area contributed by atoms with Gasteiger partial charge in [0.25, 0.3) is 0 Å². The Kier molecular flexibility index (Phi) is 3.36. The molecule has 1 aliphatic heterocycles. The van der Waals surface area contributed by atoms with Gasteiger partial charge in [0.05, 0.1) is 0 Å². The van der Waals surface area contributed by atoms with Gasteiger partial charge in [0.2, 0.25) is 0 Å². The quantitative estimate of drug-likeness (QED) is 0.862. The third kappa shape index (κ3) is 2.01. The second-order valence-corrected chi connectivity index (χ2v) is 3.97. The molecule has 0 aromatic heterocycles. The van der Waals surface area contributed by atoms with E-state index < -0.39 is 0 Å². The molecule has 0 spiro atoms. The molecule has 0 saturated carbocycles. The molecule has 0 unspecified atom stereocenters. The smallest absolute Gasteiger partial charge is 0.168 e. The molecule has 2 N–H and O–H groups in total. The number of benzene rings is 1. The second kappa shape index (κ2) is 4.76. The van der Waals surface area contributed by atoms with Crippen molar-refractivity contribution in [2.75, 3.05) is 19.8 Å². The van der Waals surface area contributed by atoms with E-state index in [1.165, 1.54) is 0 Å². The predicted molar refractivity (Wildman–Crippen MR) is 65.3 cm³/mol. The molecule has 0 radical (unpaired) electrons. The van der Waals surface area contributed by atoms with Crippen LogP contribution in [0.15, 0.2) is 12.1 Å². The van der Waals surface area contributed by atoms with Crippen LogP contribution in [0.25, 0.3) is 6.08 Å². The van der Waals surface area contributed by atoms with Crippen LogP contribution < -0.4 is 15.2 Å². The Labute approximate surface area is 99.8 Å². The average Bonchev–Trinajstić information content (AvgIpc) is 2.30. The fraction of sp³-hybridized carbons (Fsp3) is 0.333. The summed E-state index contributed by atoms with van der Waals surface area (Å²) < 4.78 is 11.1. The van der Waals surface area contributed by atoms with E-state index in [1.807, 2.05) is 19.1 Å². The van der Waals surface area contributed by atoms with E-state index in [1.54, 1.807) is 6.07 Å². The van der Waals surface area contributed by atoms with Gasteiger partial charge in [-0.1, -0.05) is 23.8 Å². The molecule has 0 aliphatic carbocycles.